The summed E-state index contributed by atoms with van der Waals surface area (Å²) in [5, 5.41) is 0. The molecule has 6 nitrogen and oxygen atoms in total. The van der Waals surface area contributed by atoms with Gasteiger partial charge in [-0.15, -0.1) is 0 Å². The van der Waals surface area contributed by atoms with E-state index in [1.54, 1.807) is 13.1 Å². The lowest BCUT2D eigenvalue weighted by Crippen LogP contribution is -2.31. The van der Waals surface area contributed by atoms with E-state index in [1.807, 2.05) is 18.2 Å². The molecule has 8 heteroatoms. The third kappa shape index (κ3) is 4.25. The van der Waals surface area contributed by atoms with Crippen molar-refractivity contribution in [3.8, 4) is 5.75 Å². The Kier molecular flexibility index (Phi) is 5.65. The summed E-state index contributed by atoms with van der Waals surface area (Å²) in [6.45, 7) is 0.170. The normalized spacial score (nSPS) is 13.0. The van der Waals surface area contributed by atoms with Crippen LogP contribution in [-0.4, -0.2) is 34.5 Å². The molecule has 31 heavy (non-hydrogen) atoms. The number of hydrogen-bond donors (Lipinski definition) is 0. The largest absolute Gasteiger partial charge is 0.484 e. The third-order valence-electron chi connectivity index (χ3n) is 5.21. The summed E-state index contributed by atoms with van der Waals surface area (Å²) >= 11 is 0. The number of carbonyl (C=O) groups excluding carboxylic acids is 1. The molecule has 0 aliphatic carbocycles. The van der Waals surface area contributed by atoms with Crippen molar-refractivity contribution in [1.82, 2.24) is 0 Å². The van der Waals surface area contributed by atoms with Crippen molar-refractivity contribution in [3.63, 3.8) is 0 Å². The highest BCUT2D eigenvalue weighted by Crippen LogP contribution is 2.33. The summed E-state index contributed by atoms with van der Waals surface area (Å²) in [7, 11) is -2.11. The number of sulfonamides is 1. The molecule has 1 heterocycles. The van der Waals surface area contributed by atoms with Gasteiger partial charge in [-0.1, -0.05) is 18.2 Å². The molecule has 0 unspecified atom stereocenters. The first-order valence-corrected chi connectivity index (χ1v) is 11.2. The predicted octanol–water partition coefficient (Wildman–Crippen LogP) is 3.62. The lowest BCUT2D eigenvalue weighted by atomic mass is 10.2. The first-order valence-electron chi connectivity index (χ1n) is 9.72. The van der Waals surface area contributed by atoms with Crippen molar-refractivity contribution in [2.24, 2.45) is 0 Å². The van der Waals surface area contributed by atoms with Crippen LogP contribution in [0.3, 0.4) is 0 Å². The highest BCUT2D eigenvalue weighted by molar-refractivity contribution is 7.92. The molecule has 0 bridgehead atoms. The van der Waals surface area contributed by atoms with Crippen molar-refractivity contribution in [1.29, 1.82) is 0 Å². The third-order valence-corrected chi connectivity index (χ3v) is 7.03. The average molecular weight is 440 g/mol. The summed E-state index contributed by atoms with van der Waals surface area (Å²) in [6.07, 6.45) is 0.681. The highest BCUT2D eigenvalue weighted by atomic mass is 32.2. The van der Waals surface area contributed by atoms with Crippen LogP contribution in [-0.2, 0) is 21.2 Å². The smallest absolute Gasteiger partial charge is 0.264 e. The number of carbonyl (C=O) groups is 1. The van der Waals surface area contributed by atoms with E-state index < -0.39 is 10.0 Å². The van der Waals surface area contributed by atoms with Crippen LogP contribution in [0.2, 0.25) is 0 Å². The molecule has 1 amide bonds. The lowest BCUT2D eigenvalue weighted by Gasteiger charge is -2.20. The molecule has 0 spiro atoms. The van der Waals surface area contributed by atoms with Gasteiger partial charge in [0.25, 0.3) is 15.9 Å². The average Bonchev–Trinajstić information content (AvgIpc) is 3.23. The molecule has 0 radical (unpaired) electrons. The molecular formula is C23H21FN2O4S. The lowest BCUT2D eigenvalue weighted by molar-refractivity contribution is -0.120. The zero-order chi connectivity index (χ0) is 22.0. The fourth-order valence-corrected chi connectivity index (χ4v) is 4.95. The van der Waals surface area contributed by atoms with Crippen molar-refractivity contribution in [2.45, 2.75) is 11.3 Å². The Labute approximate surface area is 180 Å². The van der Waals surface area contributed by atoms with Gasteiger partial charge in [0.2, 0.25) is 0 Å². The molecular weight excluding hydrogens is 419 g/mol. The van der Waals surface area contributed by atoms with Crippen molar-refractivity contribution >= 4 is 27.3 Å². The van der Waals surface area contributed by atoms with E-state index >= 15 is 0 Å². The molecule has 0 aromatic heterocycles. The highest BCUT2D eigenvalue weighted by Gasteiger charge is 2.30. The van der Waals surface area contributed by atoms with Crippen LogP contribution in [0, 0.1) is 5.82 Å². The SMILES string of the molecule is CN(C(=O)COc1ccc(S(=O)(=O)N2CCc3ccccc32)cc1)c1ccc(F)cc1. The fourth-order valence-electron chi connectivity index (χ4n) is 3.44. The molecule has 0 N–H and O–H groups in total. The quantitative estimate of drug-likeness (QED) is 0.587. The second kappa shape index (κ2) is 8.39. The number of nitrogens with zero attached hydrogens (tertiary/aromatic N) is 2. The van der Waals surface area contributed by atoms with Crippen LogP contribution in [0.15, 0.2) is 77.7 Å². The van der Waals surface area contributed by atoms with Crippen LogP contribution < -0.4 is 13.9 Å². The minimum absolute atomic E-state index is 0.159. The molecule has 4 rings (SSSR count). The maximum atomic E-state index is 13.0. The molecule has 160 valence electrons. The van der Waals surface area contributed by atoms with Gasteiger partial charge in [0, 0.05) is 19.3 Å². The number of ether oxygens (including phenoxy) is 1. The Morgan fingerprint density at radius 2 is 1.71 bits per heavy atom. The first kappa shape index (κ1) is 20.9. The Bertz CT molecular complexity index is 1200. The van der Waals surface area contributed by atoms with E-state index in [0.29, 0.717) is 30.1 Å². The van der Waals surface area contributed by atoms with Crippen LogP contribution >= 0.6 is 0 Å². The van der Waals surface area contributed by atoms with E-state index in [2.05, 4.69) is 0 Å². The predicted molar refractivity (Wildman–Crippen MR) is 116 cm³/mol. The van der Waals surface area contributed by atoms with Gasteiger partial charge in [0.1, 0.15) is 11.6 Å². The number of amides is 1. The second-order valence-electron chi connectivity index (χ2n) is 7.15. The van der Waals surface area contributed by atoms with E-state index in [1.165, 1.54) is 57.7 Å². The van der Waals surface area contributed by atoms with Crippen LogP contribution in [0.4, 0.5) is 15.8 Å². The van der Waals surface area contributed by atoms with Gasteiger partial charge in [0.05, 0.1) is 10.6 Å². The monoisotopic (exact) mass is 440 g/mol. The topological polar surface area (TPSA) is 66.9 Å². The number of para-hydroxylation sites is 1. The van der Waals surface area contributed by atoms with Gasteiger partial charge < -0.3 is 9.64 Å². The minimum atomic E-state index is -3.68. The number of hydrogen-bond acceptors (Lipinski definition) is 4. The fraction of sp³-hybridized carbons (Fsp3) is 0.174. The van der Waals surface area contributed by atoms with E-state index in [9.17, 15) is 17.6 Å². The zero-order valence-electron chi connectivity index (χ0n) is 16.9. The molecule has 3 aromatic rings. The number of halogens is 1. The molecule has 3 aromatic carbocycles. The standard InChI is InChI=1S/C23H21FN2O4S/c1-25(19-8-6-18(24)7-9-19)23(27)16-30-20-10-12-21(13-11-20)31(28,29)26-15-14-17-4-2-3-5-22(17)26/h2-13H,14-16H2,1H3. The van der Waals surface area contributed by atoms with E-state index in [4.69, 9.17) is 4.74 Å². The van der Waals surface area contributed by atoms with Crippen LogP contribution in [0.5, 0.6) is 5.75 Å². The van der Waals surface area contributed by atoms with Gasteiger partial charge in [-0.2, -0.15) is 0 Å². The zero-order valence-corrected chi connectivity index (χ0v) is 17.7. The molecule has 0 atom stereocenters. The summed E-state index contributed by atoms with van der Waals surface area (Å²) in [5.41, 5.74) is 2.26. The number of benzene rings is 3. The summed E-state index contributed by atoms with van der Waals surface area (Å²) < 4.78 is 46.0. The summed E-state index contributed by atoms with van der Waals surface area (Å²) in [6, 6.07) is 19.0. The maximum absolute atomic E-state index is 13.0. The van der Waals surface area contributed by atoms with Crippen LogP contribution in [0.25, 0.3) is 0 Å². The number of anilines is 2. The Morgan fingerprint density at radius 3 is 2.42 bits per heavy atom. The molecule has 0 saturated carbocycles. The van der Waals surface area contributed by atoms with Gasteiger partial charge in [-0.05, 0) is 66.6 Å². The molecule has 1 aliphatic rings. The van der Waals surface area contributed by atoms with Crippen molar-refractivity contribution in [3.05, 3.63) is 84.2 Å². The number of fused-ring (bicyclic) bond motifs is 1. The molecule has 0 fully saturated rings. The van der Waals surface area contributed by atoms with Gasteiger partial charge in [-0.25, -0.2) is 12.8 Å². The van der Waals surface area contributed by atoms with Gasteiger partial charge >= 0.3 is 0 Å². The minimum Gasteiger partial charge on any atom is -0.484 e. The molecule has 1 aliphatic heterocycles. The van der Waals surface area contributed by atoms with Crippen molar-refractivity contribution in [2.75, 3.05) is 29.4 Å². The number of likely N-dealkylation sites (N-methyl/N-ethyl adjacent to an activating group) is 1. The Hall–Kier alpha value is -3.39. The van der Waals surface area contributed by atoms with Gasteiger partial charge in [0.15, 0.2) is 6.61 Å². The second-order valence-corrected chi connectivity index (χ2v) is 9.01. The van der Waals surface area contributed by atoms with Crippen LogP contribution in [0.1, 0.15) is 5.56 Å². The summed E-state index contributed by atoms with van der Waals surface area (Å²) in [4.78, 5) is 13.8. The summed E-state index contributed by atoms with van der Waals surface area (Å²) in [5.74, 6) is -0.327. The van der Waals surface area contributed by atoms with E-state index in [0.717, 1.165) is 5.56 Å². The Morgan fingerprint density at radius 1 is 1.03 bits per heavy atom. The van der Waals surface area contributed by atoms with Crippen molar-refractivity contribution < 1.29 is 22.3 Å². The molecule has 0 saturated heterocycles. The maximum Gasteiger partial charge on any atom is 0.264 e. The first-order chi connectivity index (χ1) is 14.9. The van der Waals surface area contributed by atoms with E-state index in [-0.39, 0.29) is 23.2 Å². The van der Waals surface area contributed by atoms with Gasteiger partial charge in [-0.3, -0.25) is 9.10 Å². The Balaban J connectivity index is 1.41. The number of rotatable bonds is 6.